The van der Waals surface area contributed by atoms with Gasteiger partial charge >= 0.3 is 0 Å². The predicted octanol–water partition coefficient (Wildman–Crippen LogP) is 3.72. The van der Waals surface area contributed by atoms with Crippen molar-refractivity contribution in [2.45, 2.75) is 59.0 Å². The molecule has 1 aromatic carbocycles. The van der Waals surface area contributed by atoms with E-state index in [2.05, 4.69) is 45.9 Å². The van der Waals surface area contributed by atoms with Gasteiger partial charge in [-0.25, -0.2) is 5.90 Å². The van der Waals surface area contributed by atoms with Gasteiger partial charge in [0.2, 0.25) is 0 Å². The molecule has 0 aromatic heterocycles. The first-order valence-electron chi connectivity index (χ1n) is 6.68. The maximum absolute atomic E-state index is 5.58. The van der Waals surface area contributed by atoms with Gasteiger partial charge in [0, 0.05) is 0 Å². The van der Waals surface area contributed by atoms with Crippen LogP contribution in [0.2, 0.25) is 0 Å². The largest absolute Gasteiger partial charge is 0.293 e. The van der Waals surface area contributed by atoms with Crippen molar-refractivity contribution in [2.24, 2.45) is 5.90 Å². The minimum Gasteiger partial charge on any atom is -0.293 e. The summed E-state index contributed by atoms with van der Waals surface area (Å²) in [4.78, 5) is 5.36. The molecule has 0 bridgehead atoms. The summed E-state index contributed by atoms with van der Waals surface area (Å²) >= 11 is 0. The molecule has 0 heterocycles. The van der Waals surface area contributed by atoms with E-state index in [9.17, 15) is 0 Å². The molecule has 0 unspecified atom stereocenters. The standard InChI is InChI=1S/C15H25NO/c1-5-12-10-9-11-14(13(12)6-2)15(7-3,8-4)17-16/h9-11H,5-8,16H2,1-4H3. The van der Waals surface area contributed by atoms with Crippen LogP contribution in [-0.2, 0) is 23.3 Å². The van der Waals surface area contributed by atoms with Crippen molar-refractivity contribution < 1.29 is 4.84 Å². The summed E-state index contributed by atoms with van der Waals surface area (Å²) in [5.41, 5.74) is 3.76. The first kappa shape index (κ1) is 14.2. The SMILES string of the molecule is CCc1cccc(C(CC)(CC)ON)c1CC. The number of aryl methyl sites for hydroxylation is 1. The molecule has 17 heavy (non-hydrogen) atoms. The molecule has 0 saturated carbocycles. The summed E-state index contributed by atoms with van der Waals surface area (Å²) in [6, 6.07) is 6.49. The summed E-state index contributed by atoms with van der Waals surface area (Å²) in [5.74, 6) is 5.58. The van der Waals surface area contributed by atoms with Crippen molar-refractivity contribution in [3.63, 3.8) is 0 Å². The van der Waals surface area contributed by atoms with E-state index < -0.39 is 0 Å². The second-order valence-corrected chi connectivity index (χ2v) is 4.47. The van der Waals surface area contributed by atoms with Crippen molar-refractivity contribution in [3.8, 4) is 0 Å². The molecule has 0 amide bonds. The molecule has 1 rings (SSSR count). The molecular formula is C15H25NO. The van der Waals surface area contributed by atoms with Crippen LogP contribution in [0, 0.1) is 0 Å². The van der Waals surface area contributed by atoms with Crippen LogP contribution in [0.4, 0.5) is 0 Å². The van der Waals surface area contributed by atoms with Crippen LogP contribution >= 0.6 is 0 Å². The molecule has 1 aromatic rings. The van der Waals surface area contributed by atoms with E-state index in [1.807, 2.05) is 0 Å². The van der Waals surface area contributed by atoms with Gasteiger partial charge in [0.05, 0.1) is 0 Å². The van der Waals surface area contributed by atoms with Crippen molar-refractivity contribution >= 4 is 0 Å². The van der Waals surface area contributed by atoms with Gasteiger partial charge in [-0.05, 0) is 42.4 Å². The highest BCUT2D eigenvalue weighted by molar-refractivity contribution is 5.39. The molecule has 96 valence electrons. The van der Waals surface area contributed by atoms with Crippen LogP contribution in [0.3, 0.4) is 0 Å². The maximum atomic E-state index is 5.58. The normalized spacial score (nSPS) is 11.8. The highest BCUT2D eigenvalue weighted by Gasteiger charge is 2.31. The van der Waals surface area contributed by atoms with Gasteiger partial charge in [-0.15, -0.1) is 0 Å². The van der Waals surface area contributed by atoms with Crippen LogP contribution in [0.15, 0.2) is 18.2 Å². The number of hydrogen-bond acceptors (Lipinski definition) is 2. The number of nitrogens with two attached hydrogens (primary N) is 1. The zero-order chi connectivity index (χ0) is 12.9. The summed E-state index contributed by atoms with van der Waals surface area (Å²) in [7, 11) is 0. The molecule has 0 spiro atoms. The van der Waals surface area contributed by atoms with Gasteiger partial charge in [0.1, 0.15) is 5.60 Å². The lowest BCUT2D eigenvalue weighted by molar-refractivity contribution is -0.0601. The van der Waals surface area contributed by atoms with E-state index in [1.54, 1.807) is 0 Å². The Morgan fingerprint density at radius 1 is 1.06 bits per heavy atom. The van der Waals surface area contributed by atoms with E-state index in [-0.39, 0.29) is 5.60 Å². The lowest BCUT2D eigenvalue weighted by Crippen LogP contribution is -2.32. The Balaban J connectivity index is 3.37. The van der Waals surface area contributed by atoms with E-state index in [0.717, 1.165) is 25.7 Å². The molecule has 0 radical (unpaired) electrons. The van der Waals surface area contributed by atoms with Crippen molar-refractivity contribution in [1.82, 2.24) is 0 Å². The van der Waals surface area contributed by atoms with Crippen LogP contribution in [0.1, 0.15) is 57.2 Å². The Bertz CT molecular complexity index is 348. The summed E-state index contributed by atoms with van der Waals surface area (Å²) in [5, 5.41) is 0. The average Bonchev–Trinajstić information content (AvgIpc) is 2.41. The van der Waals surface area contributed by atoms with Crippen LogP contribution in [-0.4, -0.2) is 0 Å². The summed E-state index contributed by atoms with van der Waals surface area (Å²) in [6.07, 6.45) is 3.90. The minimum atomic E-state index is -0.323. The Morgan fingerprint density at radius 3 is 2.12 bits per heavy atom. The Morgan fingerprint density at radius 2 is 1.71 bits per heavy atom. The molecule has 0 fully saturated rings. The zero-order valence-electron chi connectivity index (χ0n) is 11.5. The first-order chi connectivity index (χ1) is 8.18. The third-order valence-corrected chi connectivity index (χ3v) is 3.87. The molecule has 0 saturated heterocycles. The van der Waals surface area contributed by atoms with Gasteiger partial charge < -0.3 is 0 Å². The maximum Gasteiger partial charge on any atom is 0.114 e. The van der Waals surface area contributed by atoms with E-state index >= 15 is 0 Å². The van der Waals surface area contributed by atoms with Gasteiger partial charge in [0.25, 0.3) is 0 Å². The smallest absolute Gasteiger partial charge is 0.114 e. The fourth-order valence-corrected chi connectivity index (χ4v) is 2.67. The van der Waals surface area contributed by atoms with Gasteiger partial charge in [-0.2, -0.15) is 0 Å². The average molecular weight is 235 g/mol. The molecule has 0 aliphatic rings. The Kier molecular flexibility index (Phi) is 5.16. The van der Waals surface area contributed by atoms with E-state index in [4.69, 9.17) is 10.7 Å². The van der Waals surface area contributed by atoms with Crippen LogP contribution < -0.4 is 5.90 Å². The minimum absolute atomic E-state index is 0.323. The second kappa shape index (κ2) is 6.18. The van der Waals surface area contributed by atoms with Crippen molar-refractivity contribution in [3.05, 3.63) is 34.9 Å². The zero-order valence-corrected chi connectivity index (χ0v) is 11.5. The molecule has 2 nitrogen and oxygen atoms in total. The van der Waals surface area contributed by atoms with E-state index in [1.165, 1.54) is 16.7 Å². The predicted molar refractivity (Wildman–Crippen MR) is 72.7 cm³/mol. The molecule has 0 aliphatic carbocycles. The summed E-state index contributed by atoms with van der Waals surface area (Å²) < 4.78 is 0. The molecule has 0 aliphatic heterocycles. The topological polar surface area (TPSA) is 35.2 Å². The third-order valence-electron chi connectivity index (χ3n) is 3.87. The van der Waals surface area contributed by atoms with Gasteiger partial charge in [0.15, 0.2) is 0 Å². The monoisotopic (exact) mass is 235 g/mol. The quantitative estimate of drug-likeness (QED) is 0.763. The third kappa shape index (κ3) is 2.53. The lowest BCUT2D eigenvalue weighted by atomic mass is 9.82. The Hall–Kier alpha value is -0.860. The van der Waals surface area contributed by atoms with Crippen molar-refractivity contribution in [1.29, 1.82) is 0 Å². The van der Waals surface area contributed by atoms with Crippen molar-refractivity contribution in [2.75, 3.05) is 0 Å². The highest BCUT2D eigenvalue weighted by atomic mass is 16.6. The molecule has 0 atom stereocenters. The van der Waals surface area contributed by atoms with Gasteiger partial charge in [-0.1, -0.05) is 45.9 Å². The highest BCUT2D eigenvalue weighted by Crippen LogP contribution is 2.35. The van der Waals surface area contributed by atoms with E-state index in [0.29, 0.717) is 0 Å². The molecular weight excluding hydrogens is 210 g/mol. The first-order valence-corrected chi connectivity index (χ1v) is 6.68. The van der Waals surface area contributed by atoms with Gasteiger partial charge in [-0.3, -0.25) is 4.84 Å². The number of rotatable bonds is 6. The van der Waals surface area contributed by atoms with Crippen LogP contribution in [0.5, 0.6) is 0 Å². The fraction of sp³-hybridized carbons (Fsp3) is 0.600. The second-order valence-electron chi connectivity index (χ2n) is 4.47. The van der Waals surface area contributed by atoms with Crippen LogP contribution in [0.25, 0.3) is 0 Å². The number of benzene rings is 1. The molecule has 2 N–H and O–H groups in total. The fourth-order valence-electron chi connectivity index (χ4n) is 2.67. The number of hydrogen-bond donors (Lipinski definition) is 1. The Labute approximate surface area is 105 Å². The molecule has 2 heteroatoms. The lowest BCUT2D eigenvalue weighted by Gasteiger charge is -2.32. The summed E-state index contributed by atoms with van der Waals surface area (Å²) in [6.45, 7) is 8.66.